The lowest BCUT2D eigenvalue weighted by atomic mass is 9.77. The number of likely N-dealkylation sites (N-methyl/N-ethyl adjacent to an activating group) is 1. The molecule has 2 aromatic carbocycles. The number of fused-ring (bicyclic) bond motifs is 2. The molecule has 0 amide bonds. The molecule has 22 heavy (non-hydrogen) atoms. The summed E-state index contributed by atoms with van der Waals surface area (Å²) in [5, 5.41) is 10.4. The van der Waals surface area contributed by atoms with E-state index in [-0.39, 0.29) is 0 Å². The molecule has 0 spiro atoms. The zero-order valence-corrected chi connectivity index (χ0v) is 13.1. The van der Waals surface area contributed by atoms with E-state index < -0.39 is 0 Å². The summed E-state index contributed by atoms with van der Waals surface area (Å²) in [6, 6.07) is 10.6. The van der Waals surface area contributed by atoms with E-state index in [2.05, 4.69) is 30.1 Å². The molecule has 0 saturated heterocycles. The second-order valence-corrected chi connectivity index (χ2v) is 6.24. The highest BCUT2D eigenvalue weighted by Gasteiger charge is 2.34. The summed E-state index contributed by atoms with van der Waals surface area (Å²) in [5.41, 5.74) is 6.12. The van der Waals surface area contributed by atoms with Crippen LogP contribution in [0.2, 0.25) is 0 Å². The fraction of sp³-hybridized carbons (Fsp3) is 0.368. The number of ether oxygens (including phenoxy) is 1. The van der Waals surface area contributed by atoms with Crippen molar-refractivity contribution >= 4 is 0 Å². The highest BCUT2D eigenvalue weighted by atomic mass is 16.5. The molecule has 0 aromatic heterocycles. The summed E-state index contributed by atoms with van der Waals surface area (Å²) in [6.45, 7) is 3.74. The first-order chi connectivity index (χ1) is 10.7. The lowest BCUT2D eigenvalue weighted by molar-refractivity contribution is 0.227. The zero-order valence-electron chi connectivity index (χ0n) is 13.1. The smallest absolute Gasteiger partial charge is 0.123 e. The molecule has 2 aromatic rings. The molecule has 3 heteroatoms. The Hall–Kier alpha value is -2.00. The number of aromatic hydroxyl groups is 1. The van der Waals surface area contributed by atoms with Gasteiger partial charge in [-0.05, 0) is 67.3 Å². The van der Waals surface area contributed by atoms with Gasteiger partial charge >= 0.3 is 0 Å². The standard InChI is InChI=1S/C19H21NO2/c1-3-22-14-9-13-7-8-20(2)16-10-12-5-4-6-17(21)19(12)15(11-14)18(13)16/h4-6,9,11,16,21H,3,7-8,10H2,1-2H3/t16-/m1/s1. The first-order valence-corrected chi connectivity index (χ1v) is 8.00. The minimum Gasteiger partial charge on any atom is -0.507 e. The van der Waals surface area contributed by atoms with Crippen molar-refractivity contribution in [3.8, 4) is 22.6 Å². The molecule has 4 rings (SSSR count). The molecule has 1 aliphatic carbocycles. The number of nitrogens with zero attached hydrogens (tertiary/aromatic N) is 1. The molecular weight excluding hydrogens is 274 g/mol. The van der Waals surface area contributed by atoms with Crippen LogP contribution in [0, 0.1) is 0 Å². The van der Waals surface area contributed by atoms with E-state index in [9.17, 15) is 5.11 Å². The second kappa shape index (κ2) is 5.03. The van der Waals surface area contributed by atoms with Gasteiger partial charge in [-0.3, -0.25) is 4.90 Å². The molecule has 1 heterocycles. The van der Waals surface area contributed by atoms with Crippen molar-refractivity contribution in [3.63, 3.8) is 0 Å². The summed E-state index contributed by atoms with van der Waals surface area (Å²) in [7, 11) is 2.20. The van der Waals surface area contributed by atoms with Crippen LogP contribution in [0.5, 0.6) is 11.5 Å². The molecule has 0 bridgehead atoms. The number of rotatable bonds is 2. The second-order valence-electron chi connectivity index (χ2n) is 6.24. The maximum absolute atomic E-state index is 10.4. The van der Waals surface area contributed by atoms with Gasteiger partial charge in [-0.15, -0.1) is 0 Å². The maximum atomic E-state index is 10.4. The van der Waals surface area contributed by atoms with Crippen LogP contribution >= 0.6 is 0 Å². The normalized spacial score (nSPS) is 19.5. The number of benzene rings is 2. The summed E-state index contributed by atoms with van der Waals surface area (Å²) < 4.78 is 5.76. The lowest BCUT2D eigenvalue weighted by Gasteiger charge is -2.40. The van der Waals surface area contributed by atoms with E-state index in [1.807, 2.05) is 13.0 Å². The number of phenolic OH excluding ortho intramolecular Hbond substituents is 1. The minimum absolute atomic E-state index is 0.375. The maximum Gasteiger partial charge on any atom is 0.123 e. The summed E-state index contributed by atoms with van der Waals surface area (Å²) in [5.74, 6) is 1.29. The molecule has 1 atom stereocenters. The highest BCUT2D eigenvalue weighted by molar-refractivity contribution is 5.81. The molecule has 0 saturated carbocycles. The Labute approximate surface area is 131 Å². The van der Waals surface area contributed by atoms with Gasteiger partial charge in [-0.25, -0.2) is 0 Å². The predicted molar refractivity (Wildman–Crippen MR) is 87.5 cm³/mol. The van der Waals surface area contributed by atoms with Crippen molar-refractivity contribution in [2.24, 2.45) is 0 Å². The van der Waals surface area contributed by atoms with Crippen LogP contribution in [0.4, 0.5) is 0 Å². The van der Waals surface area contributed by atoms with Crippen LogP contribution in [0.15, 0.2) is 30.3 Å². The Bertz CT molecular complexity index is 738. The number of hydrogen-bond acceptors (Lipinski definition) is 3. The molecule has 3 nitrogen and oxygen atoms in total. The largest absolute Gasteiger partial charge is 0.507 e. The minimum atomic E-state index is 0.375. The van der Waals surface area contributed by atoms with Gasteiger partial charge < -0.3 is 9.84 Å². The van der Waals surface area contributed by atoms with E-state index in [4.69, 9.17) is 4.74 Å². The average Bonchev–Trinajstić information content (AvgIpc) is 2.51. The quantitative estimate of drug-likeness (QED) is 0.920. The Balaban J connectivity index is 2.00. The van der Waals surface area contributed by atoms with Gasteiger partial charge in [0.2, 0.25) is 0 Å². The fourth-order valence-corrected chi connectivity index (χ4v) is 3.95. The Morgan fingerprint density at radius 1 is 1.27 bits per heavy atom. The van der Waals surface area contributed by atoms with E-state index >= 15 is 0 Å². The van der Waals surface area contributed by atoms with E-state index in [0.717, 1.165) is 36.3 Å². The van der Waals surface area contributed by atoms with Crippen molar-refractivity contribution in [1.29, 1.82) is 0 Å². The Morgan fingerprint density at radius 3 is 2.95 bits per heavy atom. The van der Waals surface area contributed by atoms with Crippen molar-refractivity contribution in [1.82, 2.24) is 4.90 Å². The van der Waals surface area contributed by atoms with Crippen molar-refractivity contribution in [3.05, 3.63) is 47.0 Å². The molecular formula is C19H21NO2. The third-order valence-corrected chi connectivity index (χ3v) is 4.96. The van der Waals surface area contributed by atoms with Gasteiger partial charge in [0.15, 0.2) is 0 Å². The van der Waals surface area contributed by atoms with Crippen molar-refractivity contribution in [2.75, 3.05) is 20.2 Å². The van der Waals surface area contributed by atoms with Crippen molar-refractivity contribution < 1.29 is 9.84 Å². The van der Waals surface area contributed by atoms with Crippen LogP contribution in [-0.4, -0.2) is 30.2 Å². The monoisotopic (exact) mass is 295 g/mol. The Morgan fingerprint density at radius 2 is 2.14 bits per heavy atom. The SMILES string of the molecule is CCOc1cc2c3c(c1)-c1c(O)cccc1C[C@H]3N(C)CC2. The Kier molecular flexibility index (Phi) is 3.12. The first-order valence-electron chi connectivity index (χ1n) is 8.00. The van der Waals surface area contributed by atoms with Crippen LogP contribution in [0.25, 0.3) is 11.1 Å². The number of phenols is 1. The number of hydrogen-bond donors (Lipinski definition) is 1. The lowest BCUT2D eigenvalue weighted by Crippen LogP contribution is -2.35. The fourth-order valence-electron chi connectivity index (χ4n) is 3.95. The van der Waals surface area contributed by atoms with Gasteiger partial charge in [-0.1, -0.05) is 12.1 Å². The summed E-state index contributed by atoms with van der Waals surface area (Å²) in [4.78, 5) is 2.43. The van der Waals surface area contributed by atoms with Gasteiger partial charge in [0.05, 0.1) is 6.61 Å². The molecule has 0 unspecified atom stereocenters. The molecule has 0 radical (unpaired) electrons. The molecule has 114 valence electrons. The average molecular weight is 295 g/mol. The third kappa shape index (κ3) is 1.92. The summed E-state index contributed by atoms with van der Waals surface area (Å²) in [6.07, 6.45) is 2.01. The zero-order chi connectivity index (χ0) is 15.3. The van der Waals surface area contributed by atoms with Gasteiger partial charge in [0.1, 0.15) is 11.5 Å². The first kappa shape index (κ1) is 13.6. The van der Waals surface area contributed by atoms with Gasteiger partial charge in [-0.2, -0.15) is 0 Å². The summed E-state index contributed by atoms with van der Waals surface area (Å²) >= 11 is 0. The van der Waals surface area contributed by atoms with E-state index in [0.29, 0.717) is 18.4 Å². The predicted octanol–water partition coefficient (Wildman–Crippen LogP) is 3.54. The highest BCUT2D eigenvalue weighted by Crippen LogP contribution is 2.49. The molecule has 1 aliphatic heterocycles. The molecule has 0 fully saturated rings. The van der Waals surface area contributed by atoms with E-state index in [1.54, 1.807) is 6.07 Å². The van der Waals surface area contributed by atoms with Crippen LogP contribution in [0.1, 0.15) is 29.7 Å². The topological polar surface area (TPSA) is 32.7 Å². The van der Waals surface area contributed by atoms with Gasteiger partial charge in [0.25, 0.3) is 0 Å². The van der Waals surface area contributed by atoms with Crippen LogP contribution < -0.4 is 4.74 Å². The van der Waals surface area contributed by atoms with Crippen LogP contribution in [0.3, 0.4) is 0 Å². The van der Waals surface area contributed by atoms with E-state index in [1.165, 1.54) is 16.7 Å². The molecule has 2 aliphatic rings. The molecule has 1 N–H and O–H groups in total. The third-order valence-electron chi connectivity index (χ3n) is 4.96. The van der Waals surface area contributed by atoms with Crippen molar-refractivity contribution in [2.45, 2.75) is 25.8 Å². The van der Waals surface area contributed by atoms with Crippen LogP contribution in [-0.2, 0) is 12.8 Å². The van der Waals surface area contributed by atoms with Gasteiger partial charge in [0, 0.05) is 18.2 Å².